The molecular weight excluding hydrogens is 480 g/mol. The van der Waals surface area contributed by atoms with Gasteiger partial charge < -0.3 is 37.0 Å². The number of carbonyl (C=O) groups excluding carboxylic acids is 1. The lowest BCUT2D eigenvalue weighted by Gasteiger charge is -2.63. The number of hydrogen-bond donors (Lipinski definition) is 7. The summed E-state index contributed by atoms with van der Waals surface area (Å²) in [6.45, 7) is 11.5. The highest BCUT2D eigenvalue weighted by Gasteiger charge is 2.65. The molecule has 0 unspecified atom stereocenters. The fourth-order valence-corrected chi connectivity index (χ4v) is 9.60. The van der Waals surface area contributed by atoms with E-state index in [0.717, 1.165) is 77.5 Å². The molecule has 220 valence electrons. The minimum atomic E-state index is -0.377. The van der Waals surface area contributed by atoms with E-state index in [1.807, 2.05) is 0 Å². The maximum atomic E-state index is 12.5. The van der Waals surface area contributed by atoms with Crippen molar-refractivity contribution >= 4 is 5.91 Å². The highest BCUT2D eigenvalue weighted by Crippen LogP contribution is 2.68. The van der Waals surface area contributed by atoms with Gasteiger partial charge in [-0.3, -0.25) is 4.79 Å². The number of rotatable bonds is 12. The molecule has 8 N–H and O–H groups in total. The molecule has 0 aliphatic heterocycles. The first kappa shape index (κ1) is 30.2. The van der Waals surface area contributed by atoms with E-state index < -0.39 is 0 Å². The van der Waals surface area contributed by atoms with Crippen LogP contribution in [0.25, 0.3) is 0 Å². The van der Waals surface area contributed by atoms with Crippen LogP contribution >= 0.6 is 0 Å². The summed E-state index contributed by atoms with van der Waals surface area (Å²) in [7, 11) is 0. The van der Waals surface area contributed by atoms with E-state index in [1.165, 1.54) is 0 Å². The van der Waals surface area contributed by atoms with Gasteiger partial charge in [-0.05, 0) is 97.7 Å². The Morgan fingerprint density at radius 3 is 2.39 bits per heavy atom. The smallest absolute Gasteiger partial charge is 0.220 e. The van der Waals surface area contributed by atoms with Crippen LogP contribution in [0.3, 0.4) is 0 Å². The molecule has 8 nitrogen and oxygen atoms in total. The van der Waals surface area contributed by atoms with Crippen LogP contribution in [0.4, 0.5) is 0 Å². The number of carbonyl (C=O) groups is 1. The number of nitrogens with two attached hydrogens (primary N) is 1. The first-order valence-electron chi connectivity index (χ1n) is 15.5. The first-order chi connectivity index (χ1) is 18.1. The van der Waals surface area contributed by atoms with Gasteiger partial charge in [-0.1, -0.05) is 20.8 Å². The van der Waals surface area contributed by atoms with Crippen molar-refractivity contribution in [2.45, 2.75) is 96.9 Å². The predicted octanol–water partition coefficient (Wildman–Crippen LogP) is 1.62. The molecule has 0 radical (unpaired) electrons. The Bertz CT molecular complexity index is 785. The molecule has 0 aromatic heterocycles. The molecule has 8 heteroatoms. The number of amides is 1. The van der Waals surface area contributed by atoms with Gasteiger partial charge in [0.25, 0.3) is 0 Å². The average molecular weight is 537 g/mol. The van der Waals surface area contributed by atoms with Gasteiger partial charge in [0.15, 0.2) is 0 Å². The quantitative estimate of drug-likeness (QED) is 0.188. The second-order valence-electron chi connectivity index (χ2n) is 13.7. The van der Waals surface area contributed by atoms with Crippen LogP contribution in [0, 0.1) is 46.3 Å². The standard InChI is InChI=1S/C30H56N4O4/c1-19(4-7-27(38)34-15-14-33-13-12-32-11-10-31)22-5-6-23-28-24(18-26(37)30(22,23)3)29(2)9-8-21(35)16-20(29)17-25(28)36/h19-26,28,32-33,35-37H,4-18,31H2,1-3H3,(H,34,38)/t19-,20+,21-,22-,23+,24+,25-,26+,28+,29+,30-/m1/s1. The summed E-state index contributed by atoms with van der Waals surface area (Å²) >= 11 is 0. The zero-order valence-electron chi connectivity index (χ0n) is 24.1. The van der Waals surface area contributed by atoms with Crippen LogP contribution in [0.2, 0.25) is 0 Å². The molecule has 0 saturated heterocycles. The Morgan fingerprint density at radius 2 is 1.66 bits per heavy atom. The molecule has 4 saturated carbocycles. The van der Waals surface area contributed by atoms with E-state index in [0.29, 0.717) is 49.1 Å². The first-order valence-corrected chi connectivity index (χ1v) is 15.5. The molecule has 0 spiro atoms. The Morgan fingerprint density at radius 1 is 0.947 bits per heavy atom. The minimum absolute atomic E-state index is 0.100. The van der Waals surface area contributed by atoms with Crippen LogP contribution in [-0.2, 0) is 4.79 Å². The van der Waals surface area contributed by atoms with Crippen molar-refractivity contribution in [3.63, 3.8) is 0 Å². The highest BCUT2D eigenvalue weighted by molar-refractivity contribution is 5.75. The van der Waals surface area contributed by atoms with Crippen molar-refractivity contribution in [3.8, 4) is 0 Å². The van der Waals surface area contributed by atoms with Crippen LogP contribution in [0.5, 0.6) is 0 Å². The minimum Gasteiger partial charge on any atom is -0.393 e. The SMILES string of the molecule is C[C@H](CCC(=O)NCCNCCNCCN)[C@H]1CC[C@H]2[C@@H]3[C@H](O)C[C@@H]4C[C@H](O)CC[C@]4(C)[C@H]3C[C@H](O)[C@]12C. The third kappa shape index (κ3) is 5.96. The van der Waals surface area contributed by atoms with Gasteiger partial charge in [0, 0.05) is 45.7 Å². The third-order valence-corrected chi connectivity index (χ3v) is 11.8. The van der Waals surface area contributed by atoms with E-state index in [1.54, 1.807) is 0 Å². The summed E-state index contributed by atoms with van der Waals surface area (Å²) < 4.78 is 0. The number of aliphatic hydroxyl groups is 3. The molecular formula is C30H56N4O4. The van der Waals surface area contributed by atoms with Crippen molar-refractivity contribution in [2.24, 2.45) is 52.1 Å². The maximum Gasteiger partial charge on any atom is 0.220 e. The number of nitrogens with one attached hydrogen (secondary N) is 3. The lowest BCUT2D eigenvalue weighted by molar-refractivity contribution is -0.207. The molecule has 0 bridgehead atoms. The molecule has 38 heavy (non-hydrogen) atoms. The monoisotopic (exact) mass is 536 g/mol. The molecule has 11 atom stereocenters. The summed E-state index contributed by atoms with van der Waals surface area (Å²) in [6.07, 6.45) is 6.69. The molecule has 1 amide bonds. The zero-order valence-corrected chi connectivity index (χ0v) is 24.1. The molecule has 4 fully saturated rings. The van der Waals surface area contributed by atoms with Gasteiger partial charge in [0.1, 0.15) is 0 Å². The highest BCUT2D eigenvalue weighted by atomic mass is 16.3. The maximum absolute atomic E-state index is 12.5. The van der Waals surface area contributed by atoms with Crippen molar-refractivity contribution < 1.29 is 20.1 Å². The van der Waals surface area contributed by atoms with Crippen molar-refractivity contribution in [1.29, 1.82) is 0 Å². The molecule has 0 heterocycles. The molecule has 0 aromatic rings. The van der Waals surface area contributed by atoms with Crippen molar-refractivity contribution in [2.75, 3.05) is 39.3 Å². The Balaban J connectivity index is 1.29. The summed E-state index contributed by atoms with van der Waals surface area (Å²) in [6, 6.07) is 0. The fourth-order valence-electron chi connectivity index (χ4n) is 9.60. The van der Waals surface area contributed by atoms with Crippen LogP contribution in [-0.4, -0.2) is 78.8 Å². The van der Waals surface area contributed by atoms with E-state index in [-0.39, 0.29) is 41.0 Å². The number of aliphatic hydroxyl groups excluding tert-OH is 3. The average Bonchev–Trinajstić information content (AvgIpc) is 3.24. The fraction of sp³-hybridized carbons (Fsp3) is 0.967. The van der Waals surface area contributed by atoms with E-state index in [9.17, 15) is 20.1 Å². The number of hydrogen-bond acceptors (Lipinski definition) is 7. The summed E-state index contributed by atoms with van der Waals surface area (Å²) in [5.74, 6) is 2.04. The summed E-state index contributed by atoms with van der Waals surface area (Å²) in [4.78, 5) is 12.5. The van der Waals surface area contributed by atoms with Gasteiger partial charge in [-0.2, -0.15) is 0 Å². The van der Waals surface area contributed by atoms with Crippen LogP contribution in [0.1, 0.15) is 78.6 Å². The van der Waals surface area contributed by atoms with E-state index in [2.05, 4.69) is 36.7 Å². The second kappa shape index (κ2) is 12.8. The Hall–Kier alpha value is -0.770. The molecule has 0 aromatic carbocycles. The lowest BCUT2D eigenvalue weighted by atomic mass is 9.43. The molecule has 4 aliphatic rings. The van der Waals surface area contributed by atoms with Gasteiger partial charge >= 0.3 is 0 Å². The largest absolute Gasteiger partial charge is 0.393 e. The van der Waals surface area contributed by atoms with E-state index >= 15 is 0 Å². The Kier molecular flexibility index (Phi) is 10.2. The number of fused-ring (bicyclic) bond motifs is 5. The van der Waals surface area contributed by atoms with Crippen LogP contribution < -0.4 is 21.7 Å². The van der Waals surface area contributed by atoms with Crippen molar-refractivity contribution in [1.82, 2.24) is 16.0 Å². The van der Waals surface area contributed by atoms with Gasteiger partial charge in [0.05, 0.1) is 18.3 Å². The predicted molar refractivity (Wildman–Crippen MR) is 150 cm³/mol. The summed E-state index contributed by atoms with van der Waals surface area (Å²) in [5, 5.41) is 43.1. The van der Waals surface area contributed by atoms with Gasteiger partial charge in [-0.25, -0.2) is 0 Å². The van der Waals surface area contributed by atoms with Crippen molar-refractivity contribution in [3.05, 3.63) is 0 Å². The second-order valence-corrected chi connectivity index (χ2v) is 13.7. The third-order valence-electron chi connectivity index (χ3n) is 11.8. The Labute approximate surface area is 230 Å². The zero-order chi connectivity index (χ0) is 27.5. The normalized spacial score (nSPS) is 43.1. The van der Waals surface area contributed by atoms with Gasteiger partial charge in [-0.15, -0.1) is 0 Å². The van der Waals surface area contributed by atoms with E-state index in [4.69, 9.17) is 5.73 Å². The summed E-state index contributed by atoms with van der Waals surface area (Å²) in [5.41, 5.74) is 5.35. The molecule has 4 aliphatic carbocycles. The van der Waals surface area contributed by atoms with Gasteiger partial charge in [0.2, 0.25) is 5.91 Å². The molecule has 4 rings (SSSR count). The topological polar surface area (TPSA) is 140 Å². The lowest BCUT2D eigenvalue weighted by Crippen LogP contribution is -2.62. The van der Waals surface area contributed by atoms with Crippen LogP contribution in [0.15, 0.2) is 0 Å².